The fourth-order valence-corrected chi connectivity index (χ4v) is 2.98. The predicted octanol–water partition coefficient (Wildman–Crippen LogP) is 1.16. The molecule has 0 bridgehead atoms. The lowest BCUT2D eigenvalue weighted by Gasteiger charge is -2.23. The van der Waals surface area contributed by atoms with Crippen LogP contribution in [0.3, 0.4) is 0 Å². The summed E-state index contributed by atoms with van der Waals surface area (Å²) in [5.41, 5.74) is 5.80. The van der Waals surface area contributed by atoms with Gasteiger partial charge in [0.25, 0.3) is 0 Å². The van der Waals surface area contributed by atoms with Crippen LogP contribution in [0.4, 0.5) is 0 Å². The number of hydrogen-bond donors (Lipinski definition) is 1. The van der Waals surface area contributed by atoms with Crippen LogP contribution >= 0.6 is 11.8 Å². The number of rotatable bonds is 2. The summed E-state index contributed by atoms with van der Waals surface area (Å²) in [4.78, 5) is 8.58. The molecule has 0 aliphatic carbocycles. The lowest BCUT2D eigenvalue weighted by molar-refractivity contribution is 0.563. The molecule has 0 amide bonds. The second-order valence-electron chi connectivity index (χ2n) is 3.22. The molecule has 1 atom stereocenters. The van der Waals surface area contributed by atoms with Crippen molar-refractivity contribution < 1.29 is 0 Å². The zero-order valence-corrected chi connectivity index (χ0v) is 8.26. The number of thioether (sulfide) groups is 1. The Bertz CT molecular complexity index is 269. The third-order valence-corrected chi connectivity index (χ3v) is 4.01. The normalized spacial score (nSPS) is 27.8. The van der Waals surface area contributed by atoms with E-state index < -0.39 is 0 Å². The molecule has 0 radical (unpaired) electrons. The number of hydrogen-bond acceptors (Lipinski definition) is 4. The third kappa shape index (κ3) is 1.56. The van der Waals surface area contributed by atoms with Crippen molar-refractivity contribution in [2.45, 2.75) is 17.6 Å². The molecule has 1 aromatic heterocycles. The van der Waals surface area contributed by atoms with E-state index in [1.165, 1.54) is 12.2 Å². The van der Waals surface area contributed by atoms with E-state index in [9.17, 15) is 0 Å². The van der Waals surface area contributed by atoms with Gasteiger partial charge in [-0.25, -0.2) is 9.97 Å². The standard InChI is InChI=1S/C9H13N3S/c10-7-9(3-1-6-13-9)8-11-4-2-5-12-8/h2,4-5H,1,3,6-7,10H2. The van der Waals surface area contributed by atoms with Crippen molar-refractivity contribution in [2.24, 2.45) is 5.73 Å². The highest BCUT2D eigenvalue weighted by Gasteiger charge is 2.37. The summed E-state index contributed by atoms with van der Waals surface area (Å²) in [7, 11) is 0. The SMILES string of the molecule is NCC1(c2ncccn2)CCCS1. The third-order valence-electron chi connectivity index (χ3n) is 2.41. The van der Waals surface area contributed by atoms with Crippen LogP contribution in [0.2, 0.25) is 0 Å². The average molecular weight is 195 g/mol. The molecule has 1 aliphatic heterocycles. The van der Waals surface area contributed by atoms with Gasteiger partial charge >= 0.3 is 0 Å². The van der Waals surface area contributed by atoms with Crippen molar-refractivity contribution in [1.29, 1.82) is 0 Å². The molecule has 3 nitrogen and oxygen atoms in total. The Hall–Kier alpha value is -0.610. The van der Waals surface area contributed by atoms with E-state index >= 15 is 0 Å². The number of aromatic nitrogens is 2. The van der Waals surface area contributed by atoms with E-state index in [1.54, 1.807) is 12.4 Å². The fourth-order valence-electron chi connectivity index (χ4n) is 1.66. The first kappa shape index (κ1) is 8.97. The summed E-state index contributed by atoms with van der Waals surface area (Å²) in [5, 5.41) is 0. The second kappa shape index (κ2) is 3.64. The van der Waals surface area contributed by atoms with Gasteiger partial charge in [0, 0.05) is 18.9 Å². The highest BCUT2D eigenvalue weighted by atomic mass is 32.2. The van der Waals surface area contributed by atoms with Crippen molar-refractivity contribution in [3.63, 3.8) is 0 Å². The van der Waals surface area contributed by atoms with Crippen LogP contribution in [0.25, 0.3) is 0 Å². The molecule has 0 aromatic carbocycles. The van der Waals surface area contributed by atoms with Gasteiger partial charge in [-0.05, 0) is 24.7 Å². The topological polar surface area (TPSA) is 51.8 Å². The van der Waals surface area contributed by atoms with E-state index in [1.807, 2.05) is 17.8 Å². The first-order chi connectivity index (χ1) is 6.37. The molecule has 1 aliphatic rings. The summed E-state index contributed by atoms with van der Waals surface area (Å²) in [6.07, 6.45) is 5.91. The van der Waals surface area contributed by atoms with Gasteiger partial charge in [0.15, 0.2) is 0 Å². The second-order valence-corrected chi connectivity index (χ2v) is 4.70. The van der Waals surface area contributed by atoms with Gasteiger partial charge in [-0.1, -0.05) is 0 Å². The van der Waals surface area contributed by atoms with E-state index in [0.29, 0.717) is 6.54 Å². The minimum atomic E-state index is 0.00125. The Morgan fingerprint density at radius 3 is 2.77 bits per heavy atom. The maximum atomic E-state index is 5.80. The van der Waals surface area contributed by atoms with E-state index in [0.717, 1.165) is 12.2 Å². The highest BCUT2D eigenvalue weighted by molar-refractivity contribution is 8.00. The number of nitrogens with zero attached hydrogens (tertiary/aromatic N) is 2. The highest BCUT2D eigenvalue weighted by Crippen LogP contribution is 2.43. The van der Waals surface area contributed by atoms with Crippen LogP contribution < -0.4 is 5.73 Å². The van der Waals surface area contributed by atoms with Crippen LogP contribution in [0, 0.1) is 0 Å². The summed E-state index contributed by atoms with van der Waals surface area (Å²) in [6, 6.07) is 1.84. The molecule has 0 saturated carbocycles. The smallest absolute Gasteiger partial charge is 0.145 e. The van der Waals surface area contributed by atoms with Crippen LogP contribution in [0.1, 0.15) is 18.7 Å². The molecule has 1 fully saturated rings. The summed E-state index contributed by atoms with van der Waals surface area (Å²) in [6.45, 7) is 0.641. The molecule has 1 unspecified atom stereocenters. The van der Waals surface area contributed by atoms with Gasteiger partial charge in [-0.3, -0.25) is 0 Å². The van der Waals surface area contributed by atoms with E-state index in [-0.39, 0.29) is 4.75 Å². The van der Waals surface area contributed by atoms with E-state index in [4.69, 9.17) is 5.73 Å². The molecule has 13 heavy (non-hydrogen) atoms. The maximum Gasteiger partial charge on any atom is 0.145 e. The zero-order chi connectivity index (χ0) is 9.15. The molecular weight excluding hydrogens is 182 g/mol. The van der Waals surface area contributed by atoms with Gasteiger partial charge in [0.2, 0.25) is 0 Å². The van der Waals surface area contributed by atoms with Gasteiger partial charge in [0.1, 0.15) is 5.82 Å². The van der Waals surface area contributed by atoms with Crippen molar-refractivity contribution in [3.8, 4) is 0 Å². The Kier molecular flexibility index (Phi) is 2.51. The molecule has 0 spiro atoms. The lowest BCUT2D eigenvalue weighted by Crippen LogP contribution is -2.31. The molecular formula is C9H13N3S. The van der Waals surface area contributed by atoms with Crippen molar-refractivity contribution in [2.75, 3.05) is 12.3 Å². The zero-order valence-electron chi connectivity index (χ0n) is 7.44. The molecule has 70 valence electrons. The molecule has 4 heteroatoms. The van der Waals surface area contributed by atoms with Gasteiger partial charge in [-0.2, -0.15) is 0 Å². The molecule has 1 aromatic rings. The molecule has 1 saturated heterocycles. The quantitative estimate of drug-likeness (QED) is 0.769. The maximum absolute atomic E-state index is 5.80. The summed E-state index contributed by atoms with van der Waals surface area (Å²) in [5.74, 6) is 2.08. The van der Waals surface area contributed by atoms with Crippen LogP contribution in [0.5, 0.6) is 0 Å². The predicted molar refractivity (Wildman–Crippen MR) is 54.5 cm³/mol. The van der Waals surface area contributed by atoms with Crippen molar-refractivity contribution >= 4 is 11.8 Å². The Morgan fingerprint density at radius 2 is 2.23 bits per heavy atom. The minimum absolute atomic E-state index is 0.00125. The van der Waals surface area contributed by atoms with Gasteiger partial charge in [-0.15, -0.1) is 11.8 Å². The first-order valence-corrected chi connectivity index (χ1v) is 5.47. The minimum Gasteiger partial charge on any atom is -0.329 e. The molecule has 2 rings (SSSR count). The van der Waals surface area contributed by atoms with Crippen molar-refractivity contribution in [3.05, 3.63) is 24.3 Å². The molecule has 2 heterocycles. The Labute approximate surface area is 82.2 Å². The van der Waals surface area contributed by atoms with Gasteiger partial charge < -0.3 is 5.73 Å². The summed E-state index contributed by atoms with van der Waals surface area (Å²) < 4.78 is 0.00125. The largest absolute Gasteiger partial charge is 0.329 e. The Balaban J connectivity index is 2.31. The van der Waals surface area contributed by atoms with Crippen LogP contribution in [-0.2, 0) is 4.75 Å². The fraction of sp³-hybridized carbons (Fsp3) is 0.556. The lowest BCUT2D eigenvalue weighted by atomic mass is 10.0. The molecule has 2 N–H and O–H groups in total. The first-order valence-electron chi connectivity index (χ1n) is 4.49. The van der Waals surface area contributed by atoms with Gasteiger partial charge in [0.05, 0.1) is 4.75 Å². The van der Waals surface area contributed by atoms with Crippen LogP contribution in [0.15, 0.2) is 18.5 Å². The average Bonchev–Trinajstić information content (AvgIpc) is 2.69. The van der Waals surface area contributed by atoms with Crippen molar-refractivity contribution in [1.82, 2.24) is 9.97 Å². The Morgan fingerprint density at radius 1 is 1.46 bits per heavy atom. The summed E-state index contributed by atoms with van der Waals surface area (Å²) >= 11 is 1.89. The van der Waals surface area contributed by atoms with Crippen LogP contribution in [-0.4, -0.2) is 22.3 Å². The monoisotopic (exact) mass is 195 g/mol. The van der Waals surface area contributed by atoms with E-state index in [2.05, 4.69) is 9.97 Å². The number of nitrogens with two attached hydrogens (primary N) is 1.